The molecular formula is C25H32N4OS. The Kier molecular flexibility index (Phi) is 6.10. The molecule has 0 amide bonds. The number of Topliss-reactive ketones (excluding diaryl/α,β-unsaturated/α-hetero) is 1. The van der Waals surface area contributed by atoms with E-state index < -0.39 is 0 Å². The van der Waals surface area contributed by atoms with Gasteiger partial charge in [0.25, 0.3) is 0 Å². The van der Waals surface area contributed by atoms with Crippen molar-refractivity contribution in [2.75, 3.05) is 38.1 Å². The second-order valence-corrected chi connectivity index (χ2v) is 10.3. The molecule has 6 heteroatoms. The Hall–Kier alpha value is -2.18. The third-order valence-corrected chi connectivity index (χ3v) is 8.31. The molecule has 1 unspecified atom stereocenters. The number of thiazole rings is 1. The van der Waals surface area contributed by atoms with Crippen LogP contribution in [-0.4, -0.2) is 53.9 Å². The monoisotopic (exact) mass is 436 g/mol. The Bertz CT molecular complexity index is 1030. The molecule has 1 aromatic carbocycles. The SMILES string of the molecule is CN1CCN(c2ncc(C(=O)CC(Cc3c[nH]c4ccccc34)C3CCCC3)s2)CC1. The number of ketones is 1. The first-order valence-electron chi connectivity index (χ1n) is 11.6. The van der Waals surface area contributed by atoms with Crippen molar-refractivity contribution in [3.05, 3.63) is 47.1 Å². The molecule has 2 aromatic heterocycles. The Morgan fingerprint density at radius 3 is 2.77 bits per heavy atom. The van der Waals surface area contributed by atoms with E-state index in [-0.39, 0.29) is 5.78 Å². The molecule has 31 heavy (non-hydrogen) atoms. The lowest BCUT2D eigenvalue weighted by Crippen LogP contribution is -2.44. The summed E-state index contributed by atoms with van der Waals surface area (Å²) >= 11 is 1.58. The van der Waals surface area contributed by atoms with Crippen molar-refractivity contribution in [1.29, 1.82) is 0 Å². The van der Waals surface area contributed by atoms with Crippen LogP contribution in [0.15, 0.2) is 36.7 Å². The topological polar surface area (TPSA) is 52.2 Å². The predicted molar refractivity (Wildman–Crippen MR) is 128 cm³/mol. The number of hydrogen-bond acceptors (Lipinski definition) is 5. The lowest BCUT2D eigenvalue weighted by atomic mass is 9.82. The molecule has 164 valence electrons. The first-order valence-corrected chi connectivity index (χ1v) is 12.5. The van der Waals surface area contributed by atoms with Crippen LogP contribution in [0.1, 0.15) is 47.3 Å². The van der Waals surface area contributed by atoms with Gasteiger partial charge in [0.05, 0.1) is 11.1 Å². The van der Waals surface area contributed by atoms with Crippen LogP contribution in [0, 0.1) is 11.8 Å². The van der Waals surface area contributed by atoms with E-state index in [1.165, 1.54) is 42.1 Å². The van der Waals surface area contributed by atoms with Gasteiger partial charge in [0.2, 0.25) is 0 Å². The van der Waals surface area contributed by atoms with E-state index >= 15 is 0 Å². The number of piperazine rings is 1. The summed E-state index contributed by atoms with van der Waals surface area (Å²) in [7, 11) is 2.16. The lowest BCUT2D eigenvalue weighted by molar-refractivity contribution is 0.0947. The molecule has 1 N–H and O–H groups in total. The maximum atomic E-state index is 13.3. The summed E-state index contributed by atoms with van der Waals surface area (Å²) in [6, 6.07) is 8.50. The molecule has 5 rings (SSSR count). The number of H-pyrrole nitrogens is 1. The summed E-state index contributed by atoms with van der Waals surface area (Å²) in [6.07, 6.45) is 10.7. The molecule has 3 heterocycles. The van der Waals surface area contributed by atoms with Gasteiger partial charge in [-0.25, -0.2) is 4.98 Å². The quantitative estimate of drug-likeness (QED) is 0.530. The van der Waals surface area contributed by atoms with Gasteiger partial charge >= 0.3 is 0 Å². The van der Waals surface area contributed by atoms with Crippen molar-refractivity contribution in [1.82, 2.24) is 14.9 Å². The number of anilines is 1. The van der Waals surface area contributed by atoms with E-state index in [9.17, 15) is 4.79 Å². The Morgan fingerprint density at radius 2 is 1.97 bits per heavy atom. The number of carbonyl (C=O) groups excluding carboxylic acids is 1. The van der Waals surface area contributed by atoms with Gasteiger partial charge in [0.1, 0.15) is 0 Å². The smallest absolute Gasteiger partial charge is 0.186 e. The zero-order chi connectivity index (χ0) is 21.2. The molecule has 0 spiro atoms. The molecule has 3 aromatic rings. The van der Waals surface area contributed by atoms with Crippen LogP contribution in [-0.2, 0) is 6.42 Å². The molecule has 1 saturated heterocycles. The number of likely N-dealkylation sites (N-methyl/N-ethyl adjacent to an activating group) is 1. The van der Waals surface area contributed by atoms with Crippen LogP contribution in [0.2, 0.25) is 0 Å². The maximum absolute atomic E-state index is 13.3. The number of aromatic nitrogens is 2. The van der Waals surface area contributed by atoms with E-state index in [2.05, 4.69) is 57.3 Å². The van der Waals surface area contributed by atoms with Crippen molar-refractivity contribution >= 4 is 33.2 Å². The highest BCUT2D eigenvalue weighted by molar-refractivity contribution is 7.17. The van der Waals surface area contributed by atoms with Crippen LogP contribution in [0.4, 0.5) is 5.13 Å². The number of aromatic amines is 1. The largest absolute Gasteiger partial charge is 0.361 e. The number of carbonyl (C=O) groups is 1. The highest BCUT2D eigenvalue weighted by Crippen LogP contribution is 2.37. The molecule has 1 aliphatic carbocycles. The van der Waals surface area contributed by atoms with E-state index in [0.29, 0.717) is 18.3 Å². The van der Waals surface area contributed by atoms with Crippen LogP contribution in [0.25, 0.3) is 10.9 Å². The van der Waals surface area contributed by atoms with E-state index in [1.54, 1.807) is 11.3 Å². The minimum Gasteiger partial charge on any atom is -0.361 e. The molecule has 1 saturated carbocycles. The molecule has 1 aliphatic heterocycles. The van der Waals surface area contributed by atoms with Crippen LogP contribution >= 0.6 is 11.3 Å². The van der Waals surface area contributed by atoms with Gasteiger partial charge in [-0.05, 0) is 36.9 Å². The minimum absolute atomic E-state index is 0.273. The summed E-state index contributed by atoms with van der Waals surface area (Å²) in [4.78, 5) is 26.8. The number of hydrogen-bond donors (Lipinski definition) is 1. The van der Waals surface area contributed by atoms with Crippen molar-refractivity contribution < 1.29 is 4.79 Å². The van der Waals surface area contributed by atoms with Gasteiger partial charge < -0.3 is 14.8 Å². The number of nitrogens with zero attached hydrogens (tertiary/aromatic N) is 3. The molecule has 1 atom stereocenters. The summed E-state index contributed by atoms with van der Waals surface area (Å²) in [5.41, 5.74) is 2.54. The normalized spacial score (nSPS) is 19.3. The average molecular weight is 437 g/mol. The number of benzene rings is 1. The summed E-state index contributed by atoms with van der Waals surface area (Å²) in [6.45, 7) is 4.08. The van der Waals surface area contributed by atoms with E-state index in [1.807, 2.05) is 6.20 Å². The molecule has 2 fully saturated rings. The second-order valence-electron chi connectivity index (χ2n) is 9.29. The fourth-order valence-electron chi connectivity index (χ4n) is 5.29. The third kappa shape index (κ3) is 4.55. The van der Waals surface area contributed by atoms with Crippen LogP contribution in [0.3, 0.4) is 0 Å². The number of fused-ring (bicyclic) bond motifs is 1. The van der Waals surface area contributed by atoms with Crippen molar-refractivity contribution in [2.45, 2.75) is 38.5 Å². The van der Waals surface area contributed by atoms with E-state index in [0.717, 1.165) is 42.6 Å². The van der Waals surface area contributed by atoms with Crippen molar-refractivity contribution in [2.24, 2.45) is 11.8 Å². The average Bonchev–Trinajstić information content (AvgIpc) is 3.55. The van der Waals surface area contributed by atoms with Gasteiger partial charge in [-0.2, -0.15) is 0 Å². The van der Waals surface area contributed by atoms with Crippen molar-refractivity contribution in [3.8, 4) is 0 Å². The zero-order valence-electron chi connectivity index (χ0n) is 18.3. The number of rotatable bonds is 7. The lowest BCUT2D eigenvalue weighted by Gasteiger charge is -2.32. The highest BCUT2D eigenvalue weighted by atomic mass is 32.1. The Balaban J connectivity index is 1.30. The van der Waals surface area contributed by atoms with Crippen molar-refractivity contribution in [3.63, 3.8) is 0 Å². The summed E-state index contributed by atoms with van der Waals surface area (Å²) < 4.78 is 0. The van der Waals surface area contributed by atoms with E-state index in [4.69, 9.17) is 0 Å². The van der Waals surface area contributed by atoms with Crippen LogP contribution in [0.5, 0.6) is 0 Å². The highest BCUT2D eigenvalue weighted by Gasteiger charge is 2.29. The Morgan fingerprint density at radius 1 is 1.19 bits per heavy atom. The standard InChI is InChI=1S/C25H32N4OS/c1-28-10-12-29(13-11-28)25-27-17-24(31-25)23(30)15-19(18-6-2-3-7-18)14-20-16-26-22-9-5-4-8-21(20)22/h4-5,8-9,16-19,26H,2-3,6-7,10-15H2,1H3. The Labute approximate surface area is 188 Å². The number of para-hydroxylation sites is 1. The summed E-state index contributed by atoms with van der Waals surface area (Å²) in [5.74, 6) is 1.33. The molecule has 2 aliphatic rings. The van der Waals surface area contributed by atoms with Crippen LogP contribution < -0.4 is 4.90 Å². The molecular weight excluding hydrogens is 404 g/mol. The fraction of sp³-hybridized carbons (Fsp3) is 0.520. The minimum atomic E-state index is 0.273. The van der Waals surface area contributed by atoms with Gasteiger partial charge in [0.15, 0.2) is 10.9 Å². The van der Waals surface area contributed by atoms with Gasteiger partial charge in [-0.15, -0.1) is 0 Å². The predicted octanol–water partition coefficient (Wildman–Crippen LogP) is 5.00. The first-order chi connectivity index (χ1) is 15.2. The maximum Gasteiger partial charge on any atom is 0.186 e. The molecule has 0 radical (unpaired) electrons. The second kappa shape index (κ2) is 9.13. The zero-order valence-corrected chi connectivity index (χ0v) is 19.2. The third-order valence-electron chi connectivity index (χ3n) is 7.21. The number of nitrogens with one attached hydrogen (secondary N) is 1. The molecule has 0 bridgehead atoms. The first kappa shape index (κ1) is 20.7. The van der Waals surface area contributed by atoms with Gasteiger partial charge in [0, 0.05) is 49.7 Å². The van der Waals surface area contributed by atoms with Gasteiger partial charge in [-0.3, -0.25) is 4.79 Å². The van der Waals surface area contributed by atoms with Gasteiger partial charge in [-0.1, -0.05) is 55.2 Å². The summed E-state index contributed by atoms with van der Waals surface area (Å²) in [5, 5.41) is 2.30. The fourth-order valence-corrected chi connectivity index (χ4v) is 6.21. The molecule has 5 nitrogen and oxygen atoms in total.